The molecule has 1 N–H and O–H groups in total. The standard InChI is InChI=1S/C16H19FN2O/c1-5-14-12(8-11(4)18-19-14)16(20)15-10(3)6-9(2)7-13(15)17/h6-8,16,20H,5H2,1-4H3. The van der Waals surface area contributed by atoms with E-state index in [0.717, 1.165) is 11.1 Å². The Morgan fingerprint density at radius 2 is 1.85 bits per heavy atom. The summed E-state index contributed by atoms with van der Waals surface area (Å²) in [5.41, 5.74) is 3.94. The number of halogens is 1. The molecule has 0 aliphatic carbocycles. The normalized spacial score (nSPS) is 12.5. The number of aliphatic hydroxyl groups excluding tert-OH is 1. The molecular formula is C16H19FN2O. The maximum Gasteiger partial charge on any atom is 0.129 e. The van der Waals surface area contributed by atoms with Gasteiger partial charge in [0, 0.05) is 11.1 Å². The van der Waals surface area contributed by atoms with Gasteiger partial charge in [0.05, 0.1) is 11.4 Å². The zero-order chi connectivity index (χ0) is 14.9. The summed E-state index contributed by atoms with van der Waals surface area (Å²) in [4.78, 5) is 0. The molecule has 0 bridgehead atoms. The molecule has 1 heterocycles. The first-order valence-electron chi connectivity index (χ1n) is 6.71. The summed E-state index contributed by atoms with van der Waals surface area (Å²) in [7, 11) is 0. The van der Waals surface area contributed by atoms with Gasteiger partial charge in [0.15, 0.2) is 0 Å². The van der Waals surface area contributed by atoms with Crippen LogP contribution in [0.2, 0.25) is 0 Å². The maximum absolute atomic E-state index is 14.2. The maximum atomic E-state index is 14.2. The Kier molecular flexibility index (Phi) is 4.14. The number of aliphatic hydroxyl groups is 1. The second-order valence-electron chi connectivity index (χ2n) is 5.12. The lowest BCUT2D eigenvalue weighted by atomic mass is 9.94. The van der Waals surface area contributed by atoms with Crippen molar-refractivity contribution in [2.45, 2.75) is 40.2 Å². The lowest BCUT2D eigenvalue weighted by molar-refractivity contribution is 0.212. The molecule has 1 aromatic carbocycles. The lowest BCUT2D eigenvalue weighted by Crippen LogP contribution is -2.11. The van der Waals surface area contributed by atoms with E-state index in [0.29, 0.717) is 28.9 Å². The Morgan fingerprint density at radius 3 is 2.45 bits per heavy atom. The van der Waals surface area contributed by atoms with Crippen LogP contribution in [-0.2, 0) is 6.42 Å². The predicted octanol–water partition coefficient (Wildman–Crippen LogP) is 3.19. The fourth-order valence-electron chi connectivity index (χ4n) is 2.47. The first-order valence-corrected chi connectivity index (χ1v) is 6.71. The van der Waals surface area contributed by atoms with Crippen molar-refractivity contribution >= 4 is 0 Å². The summed E-state index contributed by atoms with van der Waals surface area (Å²) in [6, 6.07) is 5.09. The molecule has 0 saturated carbocycles. The Hall–Kier alpha value is -1.81. The van der Waals surface area contributed by atoms with Crippen LogP contribution in [0.25, 0.3) is 0 Å². The van der Waals surface area contributed by atoms with Crippen molar-refractivity contribution in [1.82, 2.24) is 10.2 Å². The second-order valence-corrected chi connectivity index (χ2v) is 5.12. The van der Waals surface area contributed by atoms with E-state index in [4.69, 9.17) is 0 Å². The predicted molar refractivity (Wildman–Crippen MR) is 76.1 cm³/mol. The van der Waals surface area contributed by atoms with Gasteiger partial charge in [-0.05, 0) is 50.5 Å². The molecule has 0 aliphatic rings. The van der Waals surface area contributed by atoms with Crippen LogP contribution < -0.4 is 0 Å². The largest absolute Gasteiger partial charge is 0.383 e. The molecule has 0 saturated heterocycles. The van der Waals surface area contributed by atoms with Gasteiger partial charge in [0.2, 0.25) is 0 Å². The second kappa shape index (κ2) is 5.67. The fourth-order valence-corrected chi connectivity index (χ4v) is 2.47. The molecule has 1 unspecified atom stereocenters. The number of benzene rings is 1. The van der Waals surface area contributed by atoms with Crippen molar-refractivity contribution < 1.29 is 9.50 Å². The number of hydrogen-bond acceptors (Lipinski definition) is 3. The van der Waals surface area contributed by atoms with E-state index in [-0.39, 0.29) is 5.82 Å². The van der Waals surface area contributed by atoms with Crippen LogP contribution in [0, 0.1) is 26.6 Å². The molecule has 0 amide bonds. The molecular weight excluding hydrogens is 255 g/mol. The highest BCUT2D eigenvalue weighted by atomic mass is 19.1. The summed E-state index contributed by atoms with van der Waals surface area (Å²) in [6.07, 6.45) is -0.369. The molecule has 1 atom stereocenters. The monoisotopic (exact) mass is 274 g/mol. The van der Waals surface area contributed by atoms with Gasteiger partial charge < -0.3 is 5.11 Å². The van der Waals surface area contributed by atoms with E-state index in [1.54, 1.807) is 13.0 Å². The minimum atomic E-state index is -1.01. The van der Waals surface area contributed by atoms with Gasteiger partial charge in [0.25, 0.3) is 0 Å². The Morgan fingerprint density at radius 1 is 1.15 bits per heavy atom. The molecule has 106 valence electrons. The summed E-state index contributed by atoms with van der Waals surface area (Å²) in [5, 5.41) is 18.7. The molecule has 3 nitrogen and oxygen atoms in total. The molecule has 2 rings (SSSR count). The highest BCUT2D eigenvalue weighted by molar-refractivity contribution is 5.40. The highest BCUT2D eigenvalue weighted by Gasteiger charge is 2.21. The zero-order valence-electron chi connectivity index (χ0n) is 12.2. The van der Waals surface area contributed by atoms with Crippen molar-refractivity contribution in [3.05, 3.63) is 57.7 Å². The van der Waals surface area contributed by atoms with Crippen molar-refractivity contribution in [1.29, 1.82) is 0 Å². The van der Waals surface area contributed by atoms with Crippen molar-refractivity contribution in [2.24, 2.45) is 0 Å². The molecule has 2 aromatic rings. The fraction of sp³-hybridized carbons (Fsp3) is 0.375. The van der Waals surface area contributed by atoms with Crippen molar-refractivity contribution in [3.8, 4) is 0 Å². The molecule has 0 spiro atoms. The van der Waals surface area contributed by atoms with Gasteiger partial charge in [0.1, 0.15) is 11.9 Å². The van der Waals surface area contributed by atoms with Gasteiger partial charge in [-0.15, -0.1) is 0 Å². The van der Waals surface area contributed by atoms with Crippen molar-refractivity contribution in [3.63, 3.8) is 0 Å². The van der Waals surface area contributed by atoms with E-state index in [1.807, 2.05) is 26.8 Å². The summed E-state index contributed by atoms with van der Waals surface area (Å²) in [5.74, 6) is -0.383. The summed E-state index contributed by atoms with van der Waals surface area (Å²) in [6.45, 7) is 7.39. The number of nitrogens with zero attached hydrogens (tertiary/aromatic N) is 2. The van der Waals surface area contributed by atoms with Gasteiger partial charge >= 0.3 is 0 Å². The Bertz CT molecular complexity index is 617. The molecule has 0 fully saturated rings. The molecule has 0 aliphatic heterocycles. The van der Waals surface area contributed by atoms with E-state index in [1.165, 1.54) is 6.07 Å². The zero-order valence-corrected chi connectivity index (χ0v) is 12.2. The molecule has 0 radical (unpaired) electrons. The third kappa shape index (κ3) is 2.70. The quantitative estimate of drug-likeness (QED) is 0.935. The van der Waals surface area contributed by atoms with Crippen LogP contribution in [0.15, 0.2) is 18.2 Å². The molecule has 1 aromatic heterocycles. The average molecular weight is 274 g/mol. The van der Waals surface area contributed by atoms with Gasteiger partial charge in [-0.2, -0.15) is 10.2 Å². The van der Waals surface area contributed by atoms with E-state index < -0.39 is 6.10 Å². The minimum Gasteiger partial charge on any atom is -0.383 e. The smallest absolute Gasteiger partial charge is 0.129 e. The SMILES string of the molecule is CCc1nnc(C)cc1C(O)c1c(C)cc(C)cc1F. The van der Waals surface area contributed by atoms with Crippen LogP contribution in [0.1, 0.15) is 46.7 Å². The van der Waals surface area contributed by atoms with E-state index >= 15 is 0 Å². The van der Waals surface area contributed by atoms with Gasteiger partial charge in [-0.1, -0.05) is 13.0 Å². The lowest BCUT2D eigenvalue weighted by Gasteiger charge is -2.18. The Labute approximate surface area is 118 Å². The average Bonchev–Trinajstić information content (AvgIpc) is 2.37. The number of aromatic nitrogens is 2. The van der Waals surface area contributed by atoms with Gasteiger partial charge in [-0.3, -0.25) is 0 Å². The Balaban J connectivity index is 2.57. The molecule has 20 heavy (non-hydrogen) atoms. The van der Waals surface area contributed by atoms with Crippen LogP contribution in [0.5, 0.6) is 0 Å². The highest BCUT2D eigenvalue weighted by Crippen LogP contribution is 2.29. The van der Waals surface area contributed by atoms with Crippen LogP contribution in [-0.4, -0.2) is 15.3 Å². The van der Waals surface area contributed by atoms with Crippen LogP contribution >= 0.6 is 0 Å². The van der Waals surface area contributed by atoms with Crippen LogP contribution in [0.4, 0.5) is 4.39 Å². The van der Waals surface area contributed by atoms with Crippen molar-refractivity contribution in [2.75, 3.05) is 0 Å². The van der Waals surface area contributed by atoms with Gasteiger partial charge in [-0.25, -0.2) is 4.39 Å². The topological polar surface area (TPSA) is 46.0 Å². The van der Waals surface area contributed by atoms with E-state index in [9.17, 15) is 9.50 Å². The third-order valence-corrected chi connectivity index (χ3v) is 3.41. The number of aryl methyl sites for hydroxylation is 4. The first kappa shape index (κ1) is 14.6. The molecule has 4 heteroatoms. The number of rotatable bonds is 3. The van der Waals surface area contributed by atoms with Crippen LogP contribution in [0.3, 0.4) is 0 Å². The minimum absolute atomic E-state index is 0.317. The third-order valence-electron chi connectivity index (χ3n) is 3.41. The van der Waals surface area contributed by atoms with E-state index in [2.05, 4.69) is 10.2 Å². The summed E-state index contributed by atoms with van der Waals surface area (Å²) < 4.78 is 14.2. The summed E-state index contributed by atoms with van der Waals surface area (Å²) >= 11 is 0. The number of hydrogen-bond donors (Lipinski definition) is 1. The first-order chi connectivity index (χ1) is 9.43.